The number of nitrogens with zero attached hydrogens (tertiary/aromatic N) is 1. The van der Waals surface area contributed by atoms with Gasteiger partial charge in [0.05, 0.1) is 0 Å². The van der Waals surface area contributed by atoms with Crippen LogP contribution in [0.5, 0.6) is 11.5 Å². The average molecular weight is 378 g/mol. The summed E-state index contributed by atoms with van der Waals surface area (Å²) in [6, 6.07) is 10.9. The number of hydrogen-bond acceptors (Lipinski definition) is 3. The quantitative estimate of drug-likeness (QED) is 0.739. The van der Waals surface area contributed by atoms with Gasteiger partial charge in [-0.2, -0.15) is 0 Å². The van der Waals surface area contributed by atoms with Crippen LogP contribution in [0, 0.1) is 0 Å². The number of carbonyl (C=O) groups is 1. The van der Waals surface area contributed by atoms with E-state index in [2.05, 4.69) is 0 Å². The third-order valence-electron chi connectivity index (χ3n) is 3.79. The van der Waals surface area contributed by atoms with E-state index in [-0.39, 0.29) is 5.91 Å². The Kier molecular flexibility index (Phi) is 5.51. The van der Waals surface area contributed by atoms with E-state index in [4.69, 9.17) is 32.7 Å². The molecule has 0 unspecified atom stereocenters. The van der Waals surface area contributed by atoms with E-state index >= 15 is 0 Å². The lowest BCUT2D eigenvalue weighted by molar-refractivity contribution is -0.125. The molecule has 2 aromatic rings. The van der Waals surface area contributed by atoms with Gasteiger partial charge >= 0.3 is 0 Å². The van der Waals surface area contributed by atoms with Crippen molar-refractivity contribution >= 4 is 35.2 Å². The van der Waals surface area contributed by atoms with Crippen LogP contribution in [-0.4, -0.2) is 31.1 Å². The van der Waals surface area contributed by atoms with Gasteiger partial charge in [-0.3, -0.25) is 4.79 Å². The molecule has 1 heterocycles. The van der Waals surface area contributed by atoms with Crippen molar-refractivity contribution in [2.75, 3.05) is 20.3 Å². The number of benzene rings is 2. The number of halogens is 2. The highest BCUT2D eigenvalue weighted by molar-refractivity contribution is 6.37. The van der Waals surface area contributed by atoms with Gasteiger partial charge in [0.15, 0.2) is 11.5 Å². The van der Waals surface area contributed by atoms with Crippen molar-refractivity contribution in [1.82, 2.24) is 4.90 Å². The van der Waals surface area contributed by atoms with Crippen LogP contribution in [0.1, 0.15) is 11.1 Å². The number of amides is 1. The zero-order valence-electron chi connectivity index (χ0n) is 13.7. The third-order valence-corrected chi connectivity index (χ3v) is 4.45. The summed E-state index contributed by atoms with van der Waals surface area (Å²) in [7, 11) is 1.73. The molecule has 0 saturated carbocycles. The Hall–Kier alpha value is -2.17. The molecule has 3 rings (SSSR count). The normalized spacial score (nSPS) is 13.1. The minimum absolute atomic E-state index is 0.147. The summed E-state index contributed by atoms with van der Waals surface area (Å²) in [6.07, 6.45) is 3.10. The molecule has 1 aliphatic heterocycles. The first-order valence-electron chi connectivity index (χ1n) is 7.80. The van der Waals surface area contributed by atoms with Crippen molar-refractivity contribution in [3.8, 4) is 11.5 Å². The van der Waals surface area contributed by atoms with Crippen LogP contribution >= 0.6 is 23.2 Å². The summed E-state index contributed by atoms with van der Waals surface area (Å²) in [5.74, 6) is 1.30. The number of likely N-dealkylation sites (N-methyl/N-ethyl adjacent to an activating group) is 1. The first kappa shape index (κ1) is 17.6. The van der Waals surface area contributed by atoms with E-state index in [0.29, 0.717) is 41.1 Å². The Labute approximate surface area is 156 Å². The maximum atomic E-state index is 12.3. The zero-order chi connectivity index (χ0) is 17.8. The van der Waals surface area contributed by atoms with Crippen molar-refractivity contribution in [3.63, 3.8) is 0 Å². The second-order valence-electron chi connectivity index (χ2n) is 5.64. The summed E-state index contributed by atoms with van der Waals surface area (Å²) < 4.78 is 11.1. The van der Waals surface area contributed by atoms with Crippen molar-refractivity contribution in [2.24, 2.45) is 0 Å². The SMILES string of the molecule is CN(Cc1ccc2c(c1)OCCO2)C(=O)/C=C/c1c(Cl)cccc1Cl. The van der Waals surface area contributed by atoms with Crippen molar-refractivity contribution in [3.05, 3.63) is 63.6 Å². The van der Waals surface area contributed by atoms with E-state index in [9.17, 15) is 4.79 Å². The second kappa shape index (κ2) is 7.81. The average Bonchev–Trinajstić information content (AvgIpc) is 2.61. The second-order valence-corrected chi connectivity index (χ2v) is 6.46. The van der Waals surface area contributed by atoms with Gasteiger partial charge in [-0.25, -0.2) is 0 Å². The zero-order valence-corrected chi connectivity index (χ0v) is 15.2. The molecule has 0 bridgehead atoms. The highest BCUT2D eigenvalue weighted by atomic mass is 35.5. The molecule has 130 valence electrons. The van der Waals surface area contributed by atoms with Crippen LogP contribution < -0.4 is 9.47 Å². The molecule has 2 aromatic carbocycles. The first-order chi connectivity index (χ1) is 12.0. The molecule has 0 radical (unpaired) electrons. The molecule has 0 fully saturated rings. The van der Waals surface area contributed by atoms with Crippen molar-refractivity contribution in [2.45, 2.75) is 6.54 Å². The molecule has 0 spiro atoms. The standard InChI is InChI=1S/C19H17Cl2NO3/c1-22(12-13-5-7-17-18(11-13)25-10-9-24-17)19(23)8-6-14-15(20)3-2-4-16(14)21/h2-8,11H,9-10,12H2,1H3/b8-6+. The van der Waals surface area contributed by atoms with E-state index in [0.717, 1.165) is 11.3 Å². The Morgan fingerprint density at radius 3 is 2.52 bits per heavy atom. The van der Waals surface area contributed by atoms with Gasteiger partial charge in [-0.05, 0) is 35.9 Å². The van der Waals surface area contributed by atoms with Crippen LogP contribution in [0.3, 0.4) is 0 Å². The molecule has 0 saturated heterocycles. The Morgan fingerprint density at radius 2 is 1.80 bits per heavy atom. The molecule has 0 N–H and O–H groups in total. The van der Waals surface area contributed by atoms with Gasteiger partial charge in [0, 0.05) is 35.3 Å². The Bertz CT molecular complexity index is 800. The van der Waals surface area contributed by atoms with Crippen LogP contribution in [0.2, 0.25) is 10.0 Å². The van der Waals surface area contributed by atoms with E-state index in [1.807, 2.05) is 18.2 Å². The fraction of sp³-hybridized carbons (Fsp3) is 0.211. The molecule has 6 heteroatoms. The summed E-state index contributed by atoms with van der Waals surface area (Å²) in [5.41, 5.74) is 1.59. The molecular formula is C19H17Cl2NO3. The number of fused-ring (bicyclic) bond motifs is 1. The van der Waals surface area contributed by atoms with Gasteiger partial charge in [-0.1, -0.05) is 35.3 Å². The molecular weight excluding hydrogens is 361 g/mol. The lowest BCUT2D eigenvalue weighted by Gasteiger charge is -2.20. The van der Waals surface area contributed by atoms with Gasteiger partial charge in [-0.15, -0.1) is 0 Å². The van der Waals surface area contributed by atoms with Gasteiger partial charge in [0.25, 0.3) is 0 Å². The minimum atomic E-state index is -0.147. The van der Waals surface area contributed by atoms with E-state index < -0.39 is 0 Å². The number of carbonyl (C=O) groups excluding carboxylic acids is 1. The van der Waals surface area contributed by atoms with Crippen molar-refractivity contribution in [1.29, 1.82) is 0 Å². The van der Waals surface area contributed by atoms with Crippen molar-refractivity contribution < 1.29 is 14.3 Å². The lowest BCUT2D eigenvalue weighted by Crippen LogP contribution is -2.24. The summed E-state index contributed by atoms with van der Waals surface area (Å²) in [6.45, 7) is 1.54. The van der Waals surface area contributed by atoms with Crippen LogP contribution in [0.15, 0.2) is 42.5 Å². The highest BCUT2D eigenvalue weighted by Crippen LogP contribution is 2.31. The van der Waals surface area contributed by atoms with Gasteiger partial charge in [0.1, 0.15) is 13.2 Å². The smallest absolute Gasteiger partial charge is 0.246 e. The largest absolute Gasteiger partial charge is 0.486 e. The maximum absolute atomic E-state index is 12.3. The number of rotatable bonds is 4. The van der Waals surface area contributed by atoms with Crippen LogP contribution in [0.25, 0.3) is 6.08 Å². The maximum Gasteiger partial charge on any atom is 0.246 e. The highest BCUT2D eigenvalue weighted by Gasteiger charge is 2.13. The predicted molar refractivity (Wildman–Crippen MR) is 99.4 cm³/mol. The predicted octanol–water partition coefficient (Wildman–Crippen LogP) is 4.44. The first-order valence-corrected chi connectivity index (χ1v) is 8.56. The fourth-order valence-electron chi connectivity index (χ4n) is 2.49. The van der Waals surface area contributed by atoms with E-state index in [1.54, 1.807) is 36.2 Å². The molecule has 1 amide bonds. The summed E-state index contributed by atoms with van der Waals surface area (Å²) in [4.78, 5) is 13.9. The van der Waals surface area contributed by atoms with Crippen LogP contribution in [0.4, 0.5) is 0 Å². The third kappa shape index (κ3) is 4.27. The molecule has 4 nitrogen and oxygen atoms in total. The molecule has 0 aliphatic carbocycles. The molecule has 0 atom stereocenters. The Balaban J connectivity index is 1.67. The topological polar surface area (TPSA) is 38.8 Å². The fourth-order valence-corrected chi connectivity index (χ4v) is 3.01. The van der Waals surface area contributed by atoms with Gasteiger partial charge < -0.3 is 14.4 Å². The minimum Gasteiger partial charge on any atom is -0.486 e. The number of hydrogen-bond donors (Lipinski definition) is 0. The number of ether oxygens (including phenoxy) is 2. The van der Waals surface area contributed by atoms with E-state index in [1.165, 1.54) is 6.08 Å². The van der Waals surface area contributed by atoms with Gasteiger partial charge in [0.2, 0.25) is 5.91 Å². The molecule has 25 heavy (non-hydrogen) atoms. The Morgan fingerprint density at radius 1 is 1.12 bits per heavy atom. The summed E-state index contributed by atoms with van der Waals surface area (Å²) in [5, 5.41) is 1.01. The lowest BCUT2D eigenvalue weighted by atomic mass is 10.1. The summed E-state index contributed by atoms with van der Waals surface area (Å²) >= 11 is 12.2. The molecule has 0 aromatic heterocycles. The monoisotopic (exact) mass is 377 g/mol. The van der Waals surface area contributed by atoms with Crippen LogP contribution in [-0.2, 0) is 11.3 Å². The molecule has 1 aliphatic rings.